The topological polar surface area (TPSA) is 112 Å². The van der Waals surface area contributed by atoms with Crippen LogP contribution in [0.2, 0.25) is 0 Å². The number of benzene rings is 3. The first kappa shape index (κ1) is 31.3. The number of amides is 1. The van der Waals surface area contributed by atoms with Crippen LogP contribution in [0.4, 0.5) is 5.82 Å². The van der Waals surface area contributed by atoms with E-state index in [2.05, 4.69) is 72.0 Å². The molecule has 4 aromatic rings. The van der Waals surface area contributed by atoms with Crippen LogP contribution in [0, 0.1) is 13.8 Å². The number of fused-ring (bicyclic) bond motifs is 1. The van der Waals surface area contributed by atoms with Crippen LogP contribution in [0.25, 0.3) is 22.5 Å². The standard InChI is InChI=1S/C35H40N4O4S/c1-25-13-17-28(18-14-25)32-33(29-19-15-26(2)16-20-29)37-35-34(36-32)30(40)21-23-39(35)22-9-4-3-8-12-31(41)38-44(42,43)24-27-10-6-5-7-11-27/h5-7,10-11,13-20,30,40H,3-4,8-9,12,21-24H2,1-2H3,(H,38,41)/t30-/m1/s1. The van der Waals surface area contributed by atoms with E-state index in [1.165, 1.54) is 5.56 Å². The number of anilines is 1. The summed E-state index contributed by atoms with van der Waals surface area (Å²) in [7, 11) is -3.72. The van der Waals surface area contributed by atoms with Gasteiger partial charge in [0.25, 0.3) is 0 Å². The molecule has 1 amide bonds. The van der Waals surface area contributed by atoms with Crippen molar-refractivity contribution < 1.29 is 18.3 Å². The Kier molecular flexibility index (Phi) is 10.1. The van der Waals surface area contributed by atoms with Gasteiger partial charge in [-0.2, -0.15) is 0 Å². The molecule has 5 rings (SSSR count). The second kappa shape index (κ2) is 14.1. The molecule has 1 aromatic heterocycles. The second-order valence-electron chi connectivity index (χ2n) is 11.6. The Morgan fingerprint density at radius 1 is 0.841 bits per heavy atom. The summed E-state index contributed by atoms with van der Waals surface area (Å²) in [4.78, 5) is 24.6. The minimum absolute atomic E-state index is 0.167. The zero-order valence-corrected chi connectivity index (χ0v) is 26.2. The molecule has 230 valence electrons. The third-order valence-corrected chi connectivity index (χ3v) is 9.14. The third kappa shape index (κ3) is 8.09. The summed E-state index contributed by atoms with van der Waals surface area (Å²) in [5, 5.41) is 10.9. The predicted molar refractivity (Wildman–Crippen MR) is 174 cm³/mol. The van der Waals surface area contributed by atoms with Gasteiger partial charge in [0.05, 0.1) is 17.1 Å². The molecular weight excluding hydrogens is 572 g/mol. The average molecular weight is 613 g/mol. The Balaban J connectivity index is 1.21. The van der Waals surface area contributed by atoms with Crippen LogP contribution in [0.5, 0.6) is 0 Å². The number of aryl methyl sites for hydroxylation is 2. The average Bonchev–Trinajstić information content (AvgIpc) is 3.00. The lowest BCUT2D eigenvalue weighted by Crippen LogP contribution is -2.34. The van der Waals surface area contributed by atoms with Crippen molar-refractivity contribution in [3.05, 3.63) is 101 Å². The number of rotatable bonds is 12. The molecule has 1 aliphatic rings. The smallest absolute Gasteiger partial charge is 0.239 e. The highest BCUT2D eigenvalue weighted by Gasteiger charge is 2.29. The summed E-state index contributed by atoms with van der Waals surface area (Å²) in [6, 6.07) is 25.3. The number of carbonyl (C=O) groups is 1. The summed E-state index contributed by atoms with van der Waals surface area (Å²) in [5.74, 6) is 0.0356. The Morgan fingerprint density at radius 2 is 1.43 bits per heavy atom. The summed E-state index contributed by atoms with van der Waals surface area (Å²) in [6.07, 6.45) is 3.25. The van der Waals surface area contributed by atoms with E-state index in [4.69, 9.17) is 9.97 Å². The lowest BCUT2D eigenvalue weighted by Gasteiger charge is -2.33. The summed E-state index contributed by atoms with van der Waals surface area (Å²) in [6.45, 7) is 5.55. The van der Waals surface area contributed by atoms with Crippen molar-refractivity contribution >= 4 is 21.7 Å². The SMILES string of the molecule is Cc1ccc(-c2nc3c(nc2-c2ccc(C)cc2)N(CCCCCCC(=O)NS(=O)(=O)Cc2ccccc2)CC[C@H]3O)cc1. The van der Waals surface area contributed by atoms with Crippen LogP contribution in [0.3, 0.4) is 0 Å². The maximum atomic E-state index is 12.3. The highest BCUT2D eigenvalue weighted by atomic mass is 32.2. The fourth-order valence-corrected chi connectivity index (χ4v) is 6.61. The van der Waals surface area contributed by atoms with Crippen molar-refractivity contribution in [2.45, 2.75) is 64.2 Å². The van der Waals surface area contributed by atoms with Gasteiger partial charge in [-0.1, -0.05) is 103 Å². The molecule has 1 atom stereocenters. The van der Waals surface area contributed by atoms with Crippen molar-refractivity contribution in [2.24, 2.45) is 0 Å². The molecule has 1 aliphatic heterocycles. The number of aromatic nitrogens is 2. The monoisotopic (exact) mass is 612 g/mol. The Hall–Kier alpha value is -4.08. The number of unbranched alkanes of at least 4 members (excludes halogenated alkanes) is 3. The minimum atomic E-state index is -3.72. The molecular formula is C35H40N4O4S. The van der Waals surface area contributed by atoms with E-state index >= 15 is 0 Å². The zero-order chi connectivity index (χ0) is 31.1. The third-order valence-electron chi connectivity index (χ3n) is 7.89. The first-order chi connectivity index (χ1) is 21.2. The quantitative estimate of drug-likeness (QED) is 0.181. The summed E-state index contributed by atoms with van der Waals surface area (Å²) >= 11 is 0. The van der Waals surface area contributed by atoms with E-state index in [9.17, 15) is 18.3 Å². The predicted octanol–water partition coefficient (Wildman–Crippen LogP) is 6.27. The van der Waals surface area contributed by atoms with Gasteiger partial charge in [-0.15, -0.1) is 0 Å². The first-order valence-corrected chi connectivity index (χ1v) is 16.9. The number of hydrogen-bond donors (Lipinski definition) is 2. The lowest BCUT2D eigenvalue weighted by molar-refractivity contribution is -0.119. The van der Waals surface area contributed by atoms with Crippen LogP contribution < -0.4 is 9.62 Å². The van der Waals surface area contributed by atoms with Gasteiger partial charge in [-0.3, -0.25) is 9.52 Å². The maximum absolute atomic E-state index is 12.3. The number of sulfonamides is 1. The molecule has 0 fully saturated rings. The molecule has 44 heavy (non-hydrogen) atoms. The number of carbonyl (C=O) groups excluding carboxylic acids is 1. The molecule has 9 heteroatoms. The van der Waals surface area contributed by atoms with Gasteiger partial charge in [0.15, 0.2) is 5.82 Å². The molecule has 0 spiro atoms. The highest BCUT2D eigenvalue weighted by Crippen LogP contribution is 2.38. The van der Waals surface area contributed by atoms with Crippen LogP contribution in [0.1, 0.15) is 67.0 Å². The lowest BCUT2D eigenvalue weighted by atomic mass is 10.00. The molecule has 2 N–H and O–H groups in total. The molecule has 3 aromatic carbocycles. The molecule has 0 saturated heterocycles. The van der Waals surface area contributed by atoms with Gasteiger partial charge in [0.2, 0.25) is 15.9 Å². The summed E-state index contributed by atoms with van der Waals surface area (Å²) in [5.41, 5.74) is 7.07. The van der Waals surface area contributed by atoms with Gasteiger partial charge < -0.3 is 10.0 Å². The largest absolute Gasteiger partial charge is 0.387 e. The summed E-state index contributed by atoms with van der Waals surface area (Å²) < 4.78 is 26.8. The van der Waals surface area contributed by atoms with Gasteiger partial charge >= 0.3 is 0 Å². The first-order valence-electron chi connectivity index (χ1n) is 15.2. The van der Waals surface area contributed by atoms with Gasteiger partial charge in [-0.25, -0.2) is 18.4 Å². The fourth-order valence-electron chi connectivity index (χ4n) is 5.46. The maximum Gasteiger partial charge on any atom is 0.239 e. The van der Waals surface area contributed by atoms with Gasteiger partial charge in [0, 0.05) is 30.6 Å². The molecule has 0 unspecified atom stereocenters. The minimum Gasteiger partial charge on any atom is -0.387 e. The van der Waals surface area contributed by atoms with E-state index < -0.39 is 22.0 Å². The fraction of sp³-hybridized carbons (Fsp3) is 0.343. The Labute approximate surface area is 260 Å². The van der Waals surface area contributed by atoms with Crippen molar-refractivity contribution in [1.82, 2.24) is 14.7 Å². The Morgan fingerprint density at radius 3 is 2.07 bits per heavy atom. The number of hydrogen-bond acceptors (Lipinski definition) is 7. The van der Waals surface area contributed by atoms with E-state index in [-0.39, 0.29) is 12.2 Å². The van der Waals surface area contributed by atoms with Crippen LogP contribution in [-0.4, -0.2) is 42.5 Å². The number of aliphatic hydroxyl groups is 1. The molecule has 2 heterocycles. The highest BCUT2D eigenvalue weighted by molar-refractivity contribution is 7.89. The van der Waals surface area contributed by atoms with Crippen LogP contribution in [-0.2, 0) is 20.6 Å². The Bertz CT molecular complexity index is 1670. The zero-order valence-electron chi connectivity index (χ0n) is 25.4. The van der Waals surface area contributed by atoms with E-state index in [0.29, 0.717) is 30.6 Å². The molecule has 8 nitrogen and oxygen atoms in total. The molecule has 0 radical (unpaired) electrons. The number of aliphatic hydroxyl groups excluding tert-OH is 1. The van der Waals surface area contributed by atoms with Crippen LogP contribution in [0.15, 0.2) is 78.9 Å². The van der Waals surface area contributed by atoms with Crippen molar-refractivity contribution in [3.63, 3.8) is 0 Å². The normalized spacial score (nSPS) is 14.7. The van der Waals surface area contributed by atoms with E-state index in [0.717, 1.165) is 59.7 Å². The van der Waals surface area contributed by atoms with Crippen molar-refractivity contribution in [2.75, 3.05) is 18.0 Å². The molecule has 0 saturated carbocycles. The van der Waals surface area contributed by atoms with Crippen molar-refractivity contribution in [3.8, 4) is 22.5 Å². The molecule has 0 bridgehead atoms. The van der Waals surface area contributed by atoms with Crippen LogP contribution >= 0.6 is 0 Å². The van der Waals surface area contributed by atoms with E-state index in [1.807, 2.05) is 6.07 Å². The molecule has 0 aliphatic carbocycles. The van der Waals surface area contributed by atoms with E-state index in [1.54, 1.807) is 24.3 Å². The number of nitrogens with one attached hydrogen (secondary N) is 1. The second-order valence-corrected chi connectivity index (χ2v) is 13.3. The number of nitrogens with zero attached hydrogens (tertiary/aromatic N) is 3. The van der Waals surface area contributed by atoms with Gasteiger partial charge in [-0.05, 0) is 38.7 Å². The van der Waals surface area contributed by atoms with Gasteiger partial charge in [0.1, 0.15) is 11.8 Å². The van der Waals surface area contributed by atoms with Crippen molar-refractivity contribution in [1.29, 1.82) is 0 Å².